The van der Waals surface area contributed by atoms with Gasteiger partial charge in [-0.15, -0.1) is 0 Å². The minimum absolute atomic E-state index is 0.820. The van der Waals surface area contributed by atoms with Gasteiger partial charge in [0.05, 0.1) is 13.3 Å². The Morgan fingerprint density at radius 2 is 2.12 bits per heavy atom. The molecule has 1 aromatic heterocycles. The Bertz CT molecular complexity index is 505. The van der Waals surface area contributed by atoms with Gasteiger partial charge in [0.25, 0.3) is 0 Å². The van der Waals surface area contributed by atoms with Crippen LogP contribution in [0.1, 0.15) is 11.3 Å². The Morgan fingerprint density at radius 3 is 2.82 bits per heavy atom. The highest BCUT2D eigenvalue weighted by Gasteiger charge is 2.10. The summed E-state index contributed by atoms with van der Waals surface area (Å²) in [6.45, 7) is 2.88. The van der Waals surface area contributed by atoms with E-state index in [2.05, 4.69) is 17.3 Å². The molecule has 0 aliphatic rings. The van der Waals surface area contributed by atoms with Gasteiger partial charge in [0, 0.05) is 17.8 Å². The summed E-state index contributed by atoms with van der Waals surface area (Å²) in [6, 6.07) is 7.88. The van der Waals surface area contributed by atoms with Gasteiger partial charge in [0.1, 0.15) is 11.4 Å². The number of nitrogens with zero attached hydrogens (tertiary/aromatic N) is 2. The van der Waals surface area contributed by atoms with Gasteiger partial charge in [0.15, 0.2) is 0 Å². The quantitative estimate of drug-likeness (QED) is 0.873. The smallest absolute Gasteiger partial charge is 0.144 e. The molecule has 0 amide bonds. The van der Waals surface area contributed by atoms with E-state index in [1.807, 2.05) is 42.2 Å². The second kappa shape index (κ2) is 5.01. The summed E-state index contributed by atoms with van der Waals surface area (Å²) in [5.41, 5.74) is 3.29. The summed E-state index contributed by atoms with van der Waals surface area (Å²) < 4.78 is 7.26. The van der Waals surface area contributed by atoms with Crippen molar-refractivity contribution in [2.24, 2.45) is 0 Å². The normalized spacial score (nSPS) is 10.5. The van der Waals surface area contributed by atoms with E-state index in [1.165, 1.54) is 5.56 Å². The Hall–Kier alpha value is -1.81. The lowest BCUT2D eigenvalue weighted by molar-refractivity contribution is 0.411. The minimum Gasteiger partial charge on any atom is -0.494 e. The molecule has 0 aliphatic heterocycles. The fraction of sp³-hybridized carbons (Fsp3) is 0.308. The zero-order valence-corrected chi connectivity index (χ0v) is 10.4. The van der Waals surface area contributed by atoms with E-state index < -0.39 is 0 Å². The van der Waals surface area contributed by atoms with Gasteiger partial charge < -0.3 is 10.1 Å². The molecular formula is C13H17N3O. The van der Waals surface area contributed by atoms with Crippen LogP contribution in [0, 0.1) is 6.92 Å². The van der Waals surface area contributed by atoms with Crippen LogP contribution in [0.25, 0.3) is 5.69 Å². The number of hydrogen-bond donors (Lipinski definition) is 1. The van der Waals surface area contributed by atoms with Crippen LogP contribution in [0.15, 0.2) is 30.5 Å². The number of hydrogen-bond acceptors (Lipinski definition) is 3. The first-order valence-electron chi connectivity index (χ1n) is 5.59. The standard InChI is InChI=1S/C13H17N3O/c1-10-11(8-14-2)9-15-16(10)12-6-4-5-7-13(12)17-3/h4-7,9,14H,8H2,1-3H3. The molecule has 90 valence electrons. The summed E-state index contributed by atoms with van der Waals surface area (Å²) in [5, 5.41) is 7.54. The second-order valence-electron chi connectivity index (χ2n) is 3.87. The molecule has 0 atom stereocenters. The van der Waals surface area contributed by atoms with Crippen molar-refractivity contribution in [1.82, 2.24) is 15.1 Å². The molecule has 0 aliphatic carbocycles. The summed E-state index contributed by atoms with van der Waals surface area (Å²) >= 11 is 0. The van der Waals surface area contributed by atoms with Crippen LogP contribution in [0.4, 0.5) is 0 Å². The summed E-state index contributed by atoms with van der Waals surface area (Å²) in [4.78, 5) is 0. The van der Waals surface area contributed by atoms with Gasteiger partial charge in [-0.3, -0.25) is 0 Å². The molecule has 17 heavy (non-hydrogen) atoms. The molecule has 0 spiro atoms. The van der Waals surface area contributed by atoms with Crippen molar-refractivity contribution in [3.05, 3.63) is 41.7 Å². The third-order valence-electron chi connectivity index (χ3n) is 2.79. The van der Waals surface area contributed by atoms with Crippen molar-refractivity contribution in [1.29, 1.82) is 0 Å². The van der Waals surface area contributed by atoms with E-state index in [0.29, 0.717) is 0 Å². The van der Waals surface area contributed by atoms with E-state index >= 15 is 0 Å². The van der Waals surface area contributed by atoms with Crippen LogP contribution >= 0.6 is 0 Å². The highest BCUT2D eigenvalue weighted by Crippen LogP contribution is 2.23. The topological polar surface area (TPSA) is 39.1 Å². The minimum atomic E-state index is 0.820. The number of nitrogens with one attached hydrogen (secondary N) is 1. The molecule has 0 unspecified atom stereocenters. The fourth-order valence-electron chi connectivity index (χ4n) is 1.86. The molecule has 0 fully saturated rings. The van der Waals surface area contributed by atoms with Crippen LogP contribution < -0.4 is 10.1 Å². The van der Waals surface area contributed by atoms with Crippen molar-refractivity contribution in [3.63, 3.8) is 0 Å². The lowest BCUT2D eigenvalue weighted by Gasteiger charge is -2.10. The lowest BCUT2D eigenvalue weighted by atomic mass is 10.2. The molecule has 0 bridgehead atoms. The molecule has 0 saturated heterocycles. The van der Waals surface area contributed by atoms with Gasteiger partial charge in [-0.25, -0.2) is 4.68 Å². The van der Waals surface area contributed by atoms with Crippen LogP contribution in [0.5, 0.6) is 5.75 Å². The Balaban J connectivity index is 2.46. The molecule has 0 radical (unpaired) electrons. The first-order valence-corrected chi connectivity index (χ1v) is 5.59. The van der Waals surface area contributed by atoms with E-state index in [1.54, 1.807) is 7.11 Å². The van der Waals surface area contributed by atoms with Crippen LogP contribution in [-0.2, 0) is 6.54 Å². The molecule has 0 saturated carbocycles. The van der Waals surface area contributed by atoms with Crippen LogP contribution in [-0.4, -0.2) is 23.9 Å². The van der Waals surface area contributed by atoms with Crippen LogP contribution in [0.2, 0.25) is 0 Å². The number of rotatable bonds is 4. The Labute approximate surface area is 101 Å². The van der Waals surface area contributed by atoms with E-state index in [0.717, 1.165) is 23.7 Å². The van der Waals surface area contributed by atoms with Crippen molar-refractivity contribution in [2.75, 3.05) is 14.2 Å². The molecule has 1 heterocycles. The number of para-hydroxylation sites is 2. The highest BCUT2D eigenvalue weighted by atomic mass is 16.5. The third-order valence-corrected chi connectivity index (χ3v) is 2.79. The van der Waals surface area contributed by atoms with Crippen LogP contribution in [0.3, 0.4) is 0 Å². The fourth-order valence-corrected chi connectivity index (χ4v) is 1.86. The maximum Gasteiger partial charge on any atom is 0.144 e. The molecule has 1 N–H and O–H groups in total. The Morgan fingerprint density at radius 1 is 1.35 bits per heavy atom. The first-order chi connectivity index (χ1) is 8.27. The van der Waals surface area contributed by atoms with E-state index in [4.69, 9.17) is 4.74 Å². The maximum absolute atomic E-state index is 5.35. The van der Waals surface area contributed by atoms with Crippen molar-refractivity contribution >= 4 is 0 Å². The monoisotopic (exact) mass is 231 g/mol. The molecule has 2 rings (SSSR count). The van der Waals surface area contributed by atoms with E-state index in [9.17, 15) is 0 Å². The second-order valence-corrected chi connectivity index (χ2v) is 3.87. The van der Waals surface area contributed by atoms with Gasteiger partial charge in [-0.1, -0.05) is 12.1 Å². The maximum atomic E-state index is 5.35. The van der Waals surface area contributed by atoms with Gasteiger partial charge in [-0.2, -0.15) is 5.10 Å². The molecular weight excluding hydrogens is 214 g/mol. The molecule has 1 aromatic carbocycles. The molecule has 2 aromatic rings. The average Bonchev–Trinajstić information content (AvgIpc) is 2.72. The SMILES string of the molecule is CNCc1cnn(-c2ccccc2OC)c1C. The third kappa shape index (κ3) is 2.17. The number of benzene rings is 1. The predicted molar refractivity (Wildman–Crippen MR) is 67.6 cm³/mol. The average molecular weight is 231 g/mol. The molecule has 4 nitrogen and oxygen atoms in total. The van der Waals surface area contributed by atoms with Crippen molar-refractivity contribution in [2.45, 2.75) is 13.5 Å². The number of ether oxygens (including phenoxy) is 1. The number of aromatic nitrogens is 2. The van der Waals surface area contributed by atoms with Crippen molar-refractivity contribution < 1.29 is 4.74 Å². The molecule has 4 heteroatoms. The predicted octanol–water partition coefficient (Wildman–Crippen LogP) is 1.91. The van der Waals surface area contributed by atoms with Gasteiger partial charge >= 0.3 is 0 Å². The highest BCUT2D eigenvalue weighted by molar-refractivity contribution is 5.47. The largest absolute Gasteiger partial charge is 0.494 e. The summed E-state index contributed by atoms with van der Waals surface area (Å²) in [6.07, 6.45) is 1.89. The lowest BCUT2D eigenvalue weighted by Crippen LogP contribution is -2.07. The van der Waals surface area contributed by atoms with E-state index in [-0.39, 0.29) is 0 Å². The summed E-state index contributed by atoms with van der Waals surface area (Å²) in [5.74, 6) is 0.828. The number of methoxy groups -OCH3 is 1. The van der Waals surface area contributed by atoms with Gasteiger partial charge in [0.2, 0.25) is 0 Å². The van der Waals surface area contributed by atoms with Crippen molar-refractivity contribution in [3.8, 4) is 11.4 Å². The first kappa shape index (κ1) is 11.7. The zero-order valence-electron chi connectivity index (χ0n) is 10.4. The zero-order chi connectivity index (χ0) is 12.3. The Kier molecular flexibility index (Phi) is 3.44. The van der Waals surface area contributed by atoms with Gasteiger partial charge in [-0.05, 0) is 26.1 Å². The summed E-state index contributed by atoms with van der Waals surface area (Å²) in [7, 11) is 3.60.